The molecule has 0 aromatic heterocycles. The molecule has 0 bridgehead atoms. The Kier molecular flexibility index (Phi) is 4.43. The Morgan fingerprint density at radius 1 is 1.69 bits per heavy atom. The van der Waals surface area contributed by atoms with Gasteiger partial charge in [-0.3, -0.25) is 0 Å². The molecule has 0 rings (SSSR count). The van der Waals surface area contributed by atoms with Crippen molar-refractivity contribution in [2.45, 2.75) is 19.4 Å². The lowest BCUT2D eigenvalue weighted by molar-refractivity contribution is -0.139. The number of carboxylic acids is 1. The highest BCUT2D eigenvalue weighted by molar-refractivity contribution is 5.74. The van der Waals surface area contributed by atoms with Crippen LogP contribution in [-0.2, 0) is 4.79 Å². The van der Waals surface area contributed by atoms with E-state index in [9.17, 15) is 4.79 Å². The summed E-state index contributed by atoms with van der Waals surface area (Å²) in [4.78, 5) is 10.6. The molecule has 1 atom stereocenters. The second-order valence-electron chi connectivity index (χ2n) is 2.55. The van der Waals surface area contributed by atoms with Crippen LogP contribution in [0.15, 0.2) is 24.2 Å². The highest BCUT2D eigenvalue weighted by atomic mass is 16.4. The minimum absolute atomic E-state index is 0.0656. The molecule has 0 saturated carbocycles. The van der Waals surface area contributed by atoms with Crippen LogP contribution in [0.2, 0.25) is 0 Å². The van der Waals surface area contributed by atoms with Gasteiger partial charge in [-0.2, -0.15) is 0 Å². The molecule has 5 N–H and O–H groups in total. The summed E-state index contributed by atoms with van der Waals surface area (Å²) in [5.74, 6) is -1.02. The van der Waals surface area contributed by atoms with Gasteiger partial charge in [0.15, 0.2) is 0 Å². The molecule has 74 valence electrons. The molecule has 5 heteroatoms. The van der Waals surface area contributed by atoms with Crippen molar-refractivity contribution in [3.8, 4) is 0 Å². The molecule has 0 fully saturated rings. The summed E-state index contributed by atoms with van der Waals surface area (Å²) >= 11 is 0. The van der Waals surface area contributed by atoms with E-state index < -0.39 is 12.0 Å². The molecule has 13 heavy (non-hydrogen) atoms. The Morgan fingerprint density at radius 2 is 2.23 bits per heavy atom. The fraction of sp³-hybridized carbons (Fsp3) is 0.375. The molecule has 0 heterocycles. The average molecular weight is 186 g/mol. The predicted octanol–water partition coefficient (Wildman–Crippen LogP) is 0.311. The van der Waals surface area contributed by atoms with Crippen molar-refractivity contribution in [3.05, 3.63) is 24.2 Å². The summed E-state index contributed by atoms with van der Waals surface area (Å²) in [6.45, 7) is 4.88. The third kappa shape index (κ3) is 4.73. The van der Waals surface area contributed by atoms with E-state index in [-0.39, 0.29) is 18.0 Å². The number of nitrogens with one attached hydrogen (secondary N) is 1. The topological polar surface area (TPSA) is 95.6 Å². The molecule has 5 nitrogen and oxygen atoms in total. The van der Waals surface area contributed by atoms with Crippen molar-refractivity contribution in [2.75, 3.05) is 0 Å². The van der Waals surface area contributed by atoms with E-state index >= 15 is 0 Å². The number of aliphatic hydroxyl groups is 1. The molecule has 0 spiro atoms. The van der Waals surface area contributed by atoms with E-state index in [1.54, 1.807) is 6.92 Å². The summed E-state index contributed by atoms with van der Waals surface area (Å²) in [5.41, 5.74) is 5.36. The van der Waals surface area contributed by atoms with Crippen molar-refractivity contribution in [1.82, 2.24) is 5.32 Å². The summed E-state index contributed by atoms with van der Waals surface area (Å²) < 4.78 is 0. The number of rotatable bonds is 5. The van der Waals surface area contributed by atoms with Gasteiger partial charge in [0.2, 0.25) is 0 Å². The fourth-order valence-corrected chi connectivity index (χ4v) is 0.720. The summed E-state index contributed by atoms with van der Waals surface area (Å²) in [6, 6.07) is -0.936. The number of aliphatic carboxylic acids is 1. The van der Waals surface area contributed by atoms with Crippen LogP contribution in [0.5, 0.6) is 0 Å². The number of hydrogen-bond acceptors (Lipinski definition) is 4. The molecular formula is C8H14N2O3. The lowest BCUT2D eigenvalue weighted by atomic mass is 10.2. The third-order valence-electron chi connectivity index (χ3n) is 1.39. The quantitative estimate of drug-likeness (QED) is 0.463. The maximum absolute atomic E-state index is 10.6. The number of hydrogen-bond donors (Lipinski definition) is 4. The highest BCUT2D eigenvalue weighted by Gasteiger charge is 2.17. The number of carboxylic acid groups (broad SMARTS) is 1. The Hall–Kier alpha value is -1.65. The highest BCUT2D eigenvalue weighted by Crippen LogP contribution is 2.00. The zero-order valence-corrected chi connectivity index (χ0v) is 7.45. The van der Waals surface area contributed by atoms with Crippen molar-refractivity contribution < 1.29 is 15.0 Å². The van der Waals surface area contributed by atoms with Gasteiger partial charge < -0.3 is 21.3 Å². The van der Waals surface area contributed by atoms with Crippen molar-refractivity contribution in [3.63, 3.8) is 0 Å². The number of nitrogens with two attached hydrogens (primary N) is 1. The van der Waals surface area contributed by atoms with Gasteiger partial charge in [-0.05, 0) is 13.0 Å². The van der Waals surface area contributed by atoms with E-state index in [0.717, 1.165) is 0 Å². The first-order valence-corrected chi connectivity index (χ1v) is 3.75. The van der Waals surface area contributed by atoms with Crippen LogP contribution in [-0.4, -0.2) is 22.2 Å². The lowest BCUT2D eigenvalue weighted by Gasteiger charge is -2.14. The molecule has 0 aliphatic carbocycles. The Bertz CT molecular complexity index is 236. The molecule has 0 aromatic rings. The van der Waals surface area contributed by atoms with Gasteiger partial charge >= 0.3 is 5.97 Å². The predicted molar refractivity (Wildman–Crippen MR) is 48.9 cm³/mol. The van der Waals surface area contributed by atoms with Crippen LogP contribution in [0.1, 0.15) is 13.3 Å². The second-order valence-corrected chi connectivity index (χ2v) is 2.55. The van der Waals surface area contributed by atoms with E-state index in [2.05, 4.69) is 11.9 Å². The molecule has 0 amide bonds. The molecule has 0 saturated heterocycles. The van der Waals surface area contributed by atoms with Gasteiger partial charge in [-0.25, -0.2) is 4.79 Å². The maximum Gasteiger partial charge on any atom is 0.326 e. The molecule has 0 aliphatic rings. The van der Waals surface area contributed by atoms with Crippen LogP contribution >= 0.6 is 0 Å². The summed E-state index contributed by atoms with van der Waals surface area (Å²) in [5, 5.41) is 20.0. The van der Waals surface area contributed by atoms with Gasteiger partial charge in [-0.15, -0.1) is 0 Å². The van der Waals surface area contributed by atoms with Crippen molar-refractivity contribution in [2.24, 2.45) is 5.73 Å². The molecule has 0 radical (unpaired) electrons. The Balaban J connectivity index is 4.27. The van der Waals surface area contributed by atoms with Gasteiger partial charge in [0.05, 0.1) is 11.6 Å². The fourth-order valence-electron chi connectivity index (χ4n) is 0.720. The van der Waals surface area contributed by atoms with Crippen LogP contribution in [0.4, 0.5) is 0 Å². The summed E-state index contributed by atoms with van der Waals surface area (Å²) in [6.07, 6.45) is 1.47. The SMILES string of the molecule is C=C(O)CC(NC(N)=CC)C(=O)O. The smallest absolute Gasteiger partial charge is 0.326 e. The largest absolute Gasteiger partial charge is 0.513 e. The lowest BCUT2D eigenvalue weighted by Crippen LogP contribution is -2.38. The van der Waals surface area contributed by atoms with Gasteiger partial charge in [-0.1, -0.05) is 6.58 Å². The first-order chi connectivity index (χ1) is 5.97. The first kappa shape index (κ1) is 11.4. The second kappa shape index (κ2) is 5.08. The normalized spacial score (nSPS) is 13.5. The zero-order valence-electron chi connectivity index (χ0n) is 7.45. The maximum atomic E-state index is 10.6. The van der Waals surface area contributed by atoms with Crippen molar-refractivity contribution >= 4 is 5.97 Å². The van der Waals surface area contributed by atoms with E-state index in [0.29, 0.717) is 0 Å². The van der Waals surface area contributed by atoms with E-state index in [1.165, 1.54) is 6.08 Å². The molecule has 0 aliphatic heterocycles. The number of carbonyl (C=O) groups is 1. The Labute approximate surface area is 76.6 Å². The minimum atomic E-state index is -1.08. The van der Waals surface area contributed by atoms with Gasteiger partial charge in [0, 0.05) is 6.42 Å². The first-order valence-electron chi connectivity index (χ1n) is 3.75. The van der Waals surface area contributed by atoms with E-state index in [4.69, 9.17) is 15.9 Å². The van der Waals surface area contributed by atoms with Crippen molar-refractivity contribution in [1.29, 1.82) is 0 Å². The standard InChI is InChI=1S/C8H14N2O3/c1-3-7(9)10-6(8(12)13)4-5(2)11/h3,6,10-11H,2,4,9H2,1H3,(H,12,13). The summed E-state index contributed by atoms with van der Waals surface area (Å²) in [7, 11) is 0. The van der Waals surface area contributed by atoms with Crippen LogP contribution < -0.4 is 11.1 Å². The average Bonchev–Trinajstić information content (AvgIpc) is 2.02. The van der Waals surface area contributed by atoms with Crippen LogP contribution in [0, 0.1) is 0 Å². The molecule has 0 aromatic carbocycles. The molecule has 1 unspecified atom stereocenters. The minimum Gasteiger partial charge on any atom is -0.513 e. The van der Waals surface area contributed by atoms with Crippen LogP contribution in [0.25, 0.3) is 0 Å². The van der Waals surface area contributed by atoms with Gasteiger partial charge in [0.1, 0.15) is 6.04 Å². The Morgan fingerprint density at radius 3 is 2.54 bits per heavy atom. The number of allylic oxidation sites excluding steroid dienone is 1. The number of aliphatic hydroxyl groups excluding tert-OH is 1. The molecular weight excluding hydrogens is 172 g/mol. The third-order valence-corrected chi connectivity index (χ3v) is 1.39. The monoisotopic (exact) mass is 186 g/mol. The zero-order chi connectivity index (χ0) is 10.4. The van der Waals surface area contributed by atoms with E-state index in [1.807, 2.05) is 0 Å². The van der Waals surface area contributed by atoms with Gasteiger partial charge in [0.25, 0.3) is 0 Å². The van der Waals surface area contributed by atoms with Crippen LogP contribution in [0.3, 0.4) is 0 Å².